The third-order valence-electron chi connectivity index (χ3n) is 3.66. The minimum atomic E-state index is -1.10. The molecule has 0 aliphatic carbocycles. The average Bonchev–Trinajstić information content (AvgIpc) is 2.57. The lowest BCUT2D eigenvalue weighted by Gasteiger charge is -2.15. The number of hydrogen-bond acceptors (Lipinski definition) is 4. The summed E-state index contributed by atoms with van der Waals surface area (Å²) >= 11 is 0. The summed E-state index contributed by atoms with van der Waals surface area (Å²) in [4.78, 5) is 26.2. The highest BCUT2D eigenvalue weighted by Gasteiger charge is 2.20. The Balaban J connectivity index is 2.30. The molecule has 2 amide bonds. The average molecular weight is 377 g/mol. The van der Waals surface area contributed by atoms with Gasteiger partial charge in [0.2, 0.25) is 5.91 Å². The zero-order valence-electron chi connectivity index (χ0n) is 15.5. The van der Waals surface area contributed by atoms with Gasteiger partial charge in [-0.2, -0.15) is 0 Å². The fraction of sp³-hybridized carbons (Fsp3) is 0.263. The second-order valence-corrected chi connectivity index (χ2v) is 6.23. The number of carbonyl (C=O) groups excluding carboxylic acids is 2. The maximum atomic E-state index is 14.3. The fourth-order valence-electron chi connectivity index (χ4n) is 2.43. The molecule has 2 aromatic carbocycles. The van der Waals surface area contributed by atoms with Crippen LogP contribution in [-0.2, 0) is 4.79 Å². The zero-order valence-corrected chi connectivity index (χ0v) is 15.5. The Morgan fingerprint density at radius 3 is 2.41 bits per heavy atom. The van der Waals surface area contributed by atoms with Crippen LogP contribution < -0.4 is 15.4 Å². The molecule has 0 saturated heterocycles. The molecule has 8 heteroatoms. The highest BCUT2D eigenvalue weighted by Crippen LogP contribution is 2.27. The van der Waals surface area contributed by atoms with E-state index >= 15 is 0 Å². The van der Waals surface area contributed by atoms with E-state index in [1.807, 2.05) is 6.92 Å². The van der Waals surface area contributed by atoms with E-state index in [4.69, 9.17) is 0 Å². The van der Waals surface area contributed by atoms with E-state index < -0.39 is 23.3 Å². The van der Waals surface area contributed by atoms with E-state index in [1.165, 1.54) is 0 Å². The second kappa shape index (κ2) is 8.59. The summed E-state index contributed by atoms with van der Waals surface area (Å²) in [6.07, 6.45) is 0. The van der Waals surface area contributed by atoms with Gasteiger partial charge in [-0.25, -0.2) is 8.78 Å². The van der Waals surface area contributed by atoms with E-state index in [2.05, 4.69) is 15.4 Å². The number of ether oxygens (including phenoxy) is 1. The molecule has 0 fully saturated rings. The Hall–Kier alpha value is -3.00. The number of halogens is 2. The smallest absolute Gasteiger partial charge is 0.258 e. The number of benzene rings is 2. The van der Waals surface area contributed by atoms with Crippen molar-refractivity contribution in [2.45, 2.75) is 6.92 Å². The number of hydrogen-bond donors (Lipinski definition) is 2. The Bertz CT molecular complexity index is 870. The quantitative estimate of drug-likeness (QED) is 0.812. The van der Waals surface area contributed by atoms with Gasteiger partial charge in [0.15, 0.2) is 17.4 Å². The van der Waals surface area contributed by atoms with Crippen molar-refractivity contribution in [2.24, 2.45) is 0 Å². The minimum Gasteiger partial charge on any atom is -0.491 e. The topological polar surface area (TPSA) is 70.7 Å². The van der Waals surface area contributed by atoms with Crippen LogP contribution in [0.25, 0.3) is 0 Å². The first-order valence-corrected chi connectivity index (χ1v) is 8.11. The van der Waals surface area contributed by atoms with Crippen molar-refractivity contribution < 1.29 is 23.1 Å². The minimum absolute atomic E-state index is 0.158. The number of amides is 2. The molecule has 0 radical (unpaired) electrons. The zero-order chi connectivity index (χ0) is 20.1. The van der Waals surface area contributed by atoms with Crippen molar-refractivity contribution in [1.82, 2.24) is 4.90 Å². The van der Waals surface area contributed by atoms with Crippen LogP contribution in [0.2, 0.25) is 0 Å². The Morgan fingerprint density at radius 2 is 1.78 bits per heavy atom. The molecule has 0 bridgehead atoms. The molecule has 2 aromatic rings. The molecule has 0 atom stereocenters. The van der Waals surface area contributed by atoms with Gasteiger partial charge in [-0.1, -0.05) is 6.07 Å². The molecule has 0 unspecified atom stereocenters. The first-order chi connectivity index (χ1) is 12.7. The second-order valence-electron chi connectivity index (χ2n) is 6.23. The first kappa shape index (κ1) is 20.3. The summed E-state index contributed by atoms with van der Waals surface area (Å²) in [6, 6.07) is 7.03. The largest absolute Gasteiger partial charge is 0.491 e. The molecule has 0 spiro atoms. The summed E-state index contributed by atoms with van der Waals surface area (Å²) in [5.74, 6) is -3.69. The number of nitrogens with zero attached hydrogens (tertiary/aromatic N) is 1. The number of nitrogens with one attached hydrogen (secondary N) is 2. The third-order valence-corrected chi connectivity index (χ3v) is 3.66. The van der Waals surface area contributed by atoms with Gasteiger partial charge in [0.1, 0.15) is 0 Å². The number of aryl methyl sites for hydroxylation is 1. The van der Waals surface area contributed by atoms with Crippen LogP contribution in [0.3, 0.4) is 0 Å². The number of likely N-dealkylation sites (N-methyl/N-ethyl adjacent to an activating group) is 1. The fourth-order valence-corrected chi connectivity index (χ4v) is 2.43. The van der Waals surface area contributed by atoms with E-state index in [-0.39, 0.29) is 18.0 Å². The Labute approximate surface area is 156 Å². The molecular formula is C19H21F2N3O3. The molecule has 2 N–H and O–H groups in total. The number of carbonyl (C=O) groups is 2. The van der Waals surface area contributed by atoms with Gasteiger partial charge >= 0.3 is 0 Å². The van der Waals surface area contributed by atoms with Crippen molar-refractivity contribution in [3.8, 4) is 5.75 Å². The van der Waals surface area contributed by atoms with Gasteiger partial charge in [0.05, 0.1) is 30.6 Å². The maximum absolute atomic E-state index is 14.3. The highest BCUT2D eigenvalue weighted by molar-refractivity contribution is 6.07. The van der Waals surface area contributed by atoms with Crippen molar-refractivity contribution in [2.75, 3.05) is 38.4 Å². The number of methoxy groups -OCH3 is 1. The lowest BCUT2D eigenvalue weighted by molar-refractivity contribution is -0.116. The molecule has 0 heterocycles. The van der Waals surface area contributed by atoms with Crippen LogP contribution in [0.1, 0.15) is 15.9 Å². The molecule has 144 valence electrons. The molecule has 0 aliphatic heterocycles. The summed E-state index contributed by atoms with van der Waals surface area (Å²) in [6.45, 7) is 1.97. The summed E-state index contributed by atoms with van der Waals surface area (Å²) in [5.41, 5.74) is 1.12. The van der Waals surface area contributed by atoms with Crippen LogP contribution in [0.15, 0.2) is 30.3 Å². The Morgan fingerprint density at radius 1 is 1.07 bits per heavy atom. The van der Waals surface area contributed by atoms with Crippen LogP contribution in [-0.4, -0.2) is 44.5 Å². The predicted molar refractivity (Wildman–Crippen MR) is 99.2 cm³/mol. The standard InChI is InChI=1S/C19H21F2N3O3/c1-11-5-8-14(22-16(25)10-24(2)3)15(9-11)23-19(26)12-6-7-13(20)18(27-4)17(12)21/h5-9H,10H2,1-4H3,(H,22,25)(H,23,26). The van der Waals surface area contributed by atoms with Gasteiger partial charge in [0, 0.05) is 0 Å². The van der Waals surface area contributed by atoms with Gasteiger partial charge in [-0.15, -0.1) is 0 Å². The monoisotopic (exact) mass is 377 g/mol. The molecule has 0 aliphatic rings. The lowest BCUT2D eigenvalue weighted by atomic mass is 10.1. The predicted octanol–water partition coefficient (Wildman–Crippen LogP) is 3.03. The van der Waals surface area contributed by atoms with Crippen molar-refractivity contribution in [3.63, 3.8) is 0 Å². The van der Waals surface area contributed by atoms with E-state index in [1.54, 1.807) is 37.2 Å². The molecular weight excluding hydrogens is 356 g/mol. The summed E-state index contributed by atoms with van der Waals surface area (Å²) in [5, 5.41) is 5.25. The molecule has 27 heavy (non-hydrogen) atoms. The molecule has 0 saturated carbocycles. The van der Waals surface area contributed by atoms with Crippen molar-refractivity contribution >= 4 is 23.2 Å². The Kier molecular flexibility index (Phi) is 6.46. The van der Waals surface area contributed by atoms with Crippen LogP contribution >= 0.6 is 0 Å². The van der Waals surface area contributed by atoms with Crippen LogP contribution in [0.4, 0.5) is 20.2 Å². The third kappa shape index (κ3) is 5.01. The van der Waals surface area contributed by atoms with Crippen molar-refractivity contribution in [1.29, 1.82) is 0 Å². The summed E-state index contributed by atoms with van der Waals surface area (Å²) in [7, 11) is 4.62. The molecule has 6 nitrogen and oxygen atoms in total. The van der Waals surface area contributed by atoms with Gasteiger partial charge in [-0.05, 0) is 50.8 Å². The van der Waals surface area contributed by atoms with E-state index in [9.17, 15) is 18.4 Å². The van der Waals surface area contributed by atoms with Gasteiger partial charge < -0.3 is 20.3 Å². The first-order valence-electron chi connectivity index (χ1n) is 8.11. The van der Waals surface area contributed by atoms with Crippen LogP contribution in [0, 0.1) is 18.6 Å². The molecule has 2 rings (SSSR count). The number of rotatable bonds is 6. The van der Waals surface area contributed by atoms with Gasteiger partial charge in [0.25, 0.3) is 5.91 Å². The maximum Gasteiger partial charge on any atom is 0.258 e. The van der Waals surface area contributed by atoms with E-state index in [0.717, 1.165) is 24.8 Å². The normalized spacial score (nSPS) is 10.6. The summed E-state index contributed by atoms with van der Waals surface area (Å²) < 4.78 is 32.5. The SMILES string of the molecule is COc1c(F)ccc(C(=O)Nc2cc(C)ccc2NC(=O)CN(C)C)c1F. The van der Waals surface area contributed by atoms with Crippen LogP contribution in [0.5, 0.6) is 5.75 Å². The van der Waals surface area contributed by atoms with E-state index in [0.29, 0.717) is 11.4 Å². The van der Waals surface area contributed by atoms with Crippen molar-refractivity contribution in [3.05, 3.63) is 53.1 Å². The highest BCUT2D eigenvalue weighted by atomic mass is 19.1. The van der Waals surface area contributed by atoms with Gasteiger partial charge in [-0.3, -0.25) is 9.59 Å². The number of anilines is 2. The molecule has 0 aromatic heterocycles. The lowest BCUT2D eigenvalue weighted by Crippen LogP contribution is -2.27.